The van der Waals surface area contributed by atoms with E-state index in [4.69, 9.17) is 28.4 Å². The molecule has 2 saturated heterocycles. The van der Waals surface area contributed by atoms with E-state index in [1.54, 1.807) is 14.2 Å². The first-order valence-corrected chi connectivity index (χ1v) is 14.2. The predicted molar refractivity (Wildman–Crippen MR) is 131 cm³/mol. The number of nitrogens with zero attached hydrogens (tertiary/aromatic N) is 1. The van der Waals surface area contributed by atoms with Gasteiger partial charge in [-0.05, 0) is 31.2 Å². The van der Waals surface area contributed by atoms with Crippen LogP contribution >= 0.6 is 0 Å². The van der Waals surface area contributed by atoms with Crippen LogP contribution in [0.5, 0.6) is 0 Å². The Balaban J connectivity index is 1.60. The number of aliphatic hydroxyl groups is 1. The van der Waals surface area contributed by atoms with E-state index in [-0.39, 0.29) is 48.3 Å². The van der Waals surface area contributed by atoms with Crippen molar-refractivity contribution in [2.24, 2.45) is 28.6 Å². The van der Waals surface area contributed by atoms with Crippen LogP contribution in [0, 0.1) is 28.6 Å². The number of esters is 2. The average Bonchev–Trinajstić information content (AvgIpc) is 3.39. The van der Waals surface area contributed by atoms with Crippen molar-refractivity contribution in [3.8, 4) is 0 Å². The monoisotopic (exact) mass is 535 g/mol. The largest absolute Gasteiger partial charge is 0.462 e. The molecule has 0 aromatic carbocycles. The lowest BCUT2D eigenvalue weighted by Crippen LogP contribution is -2.85. The molecule has 5 aliphatic carbocycles. The zero-order valence-electron chi connectivity index (χ0n) is 23.2. The fourth-order valence-electron chi connectivity index (χ4n) is 11.8. The maximum absolute atomic E-state index is 13.5. The molecule has 7 fully saturated rings. The third-order valence-electron chi connectivity index (χ3n) is 12.2. The highest BCUT2D eigenvalue weighted by Gasteiger charge is 2.98. The van der Waals surface area contributed by atoms with Crippen LogP contribution in [-0.2, 0) is 38.0 Å². The second-order valence-corrected chi connectivity index (χ2v) is 13.2. The molecule has 10 heteroatoms. The van der Waals surface area contributed by atoms with Gasteiger partial charge in [-0.3, -0.25) is 14.5 Å². The van der Waals surface area contributed by atoms with Gasteiger partial charge in [-0.15, -0.1) is 0 Å². The Kier molecular flexibility index (Phi) is 5.20. The number of piperidine rings is 1. The molecule has 2 heterocycles. The minimum atomic E-state index is -1.33. The second-order valence-electron chi connectivity index (χ2n) is 13.2. The smallest absolute Gasteiger partial charge is 0.303 e. The van der Waals surface area contributed by atoms with Crippen LogP contribution in [0.2, 0.25) is 0 Å². The van der Waals surface area contributed by atoms with E-state index in [1.807, 2.05) is 0 Å². The van der Waals surface area contributed by atoms with Crippen molar-refractivity contribution in [1.82, 2.24) is 4.90 Å². The van der Waals surface area contributed by atoms with E-state index in [1.165, 1.54) is 13.8 Å². The van der Waals surface area contributed by atoms with Crippen molar-refractivity contribution in [2.75, 3.05) is 34.1 Å². The molecule has 38 heavy (non-hydrogen) atoms. The standard InChI is InChI=1S/C28H41NO9/c1-7-29-12-24(4)9-8-18(34-6)27-21(24)22(38-15(3)31)28(23(27)29)26(35-13-36-28)11-17(33-5)16-10-25(27,32)20(26)19(16)37-14(2)30/h16-23,32H,7-13H2,1-6H3. The number of fused-ring (bicyclic) bond motifs is 1. The topological polar surface area (TPSA) is 113 Å². The normalized spacial score (nSPS) is 57.4. The maximum Gasteiger partial charge on any atom is 0.303 e. The zero-order valence-corrected chi connectivity index (χ0v) is 23.2. The first kappa shape index (κ1) is 25.7. The van der Waals surface area contributed by atoms with Gasteiger partial charge in [-0.1, -0.05) is 13.8 Å². The molecule has 212 valence electrons. The highest BCUT2D eigenvalue weighted by molar-refractivity contribution is 5.67. The minimum absolute atomic E-state index is 0.00343. The van der Waals surface area contributed by atoms with Gasteiger partial charge in [0.1, 0.15) is 24.6 Å². The quantitative estimate of drug-likeness (QED) is 0.517. The van der Waals surface area contributed by atoms with E-state index >= 15 is 0 Å². The molecule has 1 N–H and O–H groups in total. The molecular weight excluding hydrogens is 494 g/mol. The third-order valence-corrected chi connectivity index (χ3v) is 12.2. The minimum Gasteiger partial charge on any atom is -0.462 e. The van der Waals surface area contributed by atoms with E-state index in [0.717, 1.165) is 25.9 Å². The Morgan fingerprint density at radius 1 is 1.05 bits per heavy atom. The van der Waals surface area contributed by atoms with Gasteiger partial charge in [0.15, 0.2) is 5.60 Å². The highest BCUT2D eigenvalue weighted by Crippen LogP contribution is 2.83. The van der Waals surface area contributed by atoms with Gasteiger partial charge in [0, 0.05) is 52.9 Å². The molecule has 0 aromatic rings. The third kappa shape index (κ3) is 2.42. The van der Waals surface area contributed by atoms with Gasteiger partial charge < -0.3 is 33.5 Å². The molecule has 0 aromatic heterocycles. The Morgan fingerprint density at radius 3 is 2.42 bits per heavy atom. The first-order valence-electron chi connectivity index (χ1n) is 14.2. The molecule has 13 atom stereocenters. The number of carbonyl (C=O) groups is 2. The number of likely N-dealkylation sites (N-methyl/N-ethyl adjacent to an activating group) is 1. The highest BCUT2D eigenvalue weighted by atomic mass is 16.7. The van der Waals surface area contributed by atoms with E-state index in [0.29, 0.717) is 12.8 Å². The number of methoxy groups -OCH3 is 2. The molecule has 7 aliphatic rings. The zero-order chi connectivity index (χ0) is 27.0. The summed E-state index contributed by atoms with van der Waals surface area (Å²) in [5, 5.41) is 13.5. The summed E-state index contributed by atoms with van der Waals surface area (Å²) in [6.07, 6.45) is 0.595. The average molecular weight is 536 g/mol. The van der Waals surface area contributed by atoms with Gasteiger partial charge in [-0.2, -0.15) is 0 Å². The van der Waals surface area contributed by atoms with Gasteiger partial charge >= 0.3 is 11.9 Å². The van der Waals surface area contributed by atoms with E-state index < -0.39 is 46.3 Å². The summed E-state index contributed by atoms with van der Waals surface area (Å²) >= 11 is 0. The van der Waals surface area contributed by atoms with Crippen molar-refractivity contribution in [1.29, 1.82) is 0 Å². The van der Waals surface area contributed by atoms with Crippen LogP contribution in [-0.4, -0.2) is 103 Å². The second kappa shape index (κ2) is 7.70. The summed E-state index contributed by atoms with van der Waals surface area (Å²) in [4.78, 5) is 27.7. The summed E-state index contributed by atoms with van der Waals surface area (Å²) in [6, 6.07) is -0.316. The molecule has 10 nitrogen and oxygen atoms in total. The number of likely N-dealkylation sites (tertiary alicyclic amines) is 1. The van der Waals surface area contributed by atoms with Crippen molar-refractivity contribution in [3.05, 3.63) is 0 Å². The molecule has 5 saturated carbocycles. The maximum atomic E-state index is 13.5. The molecule has 3 spiro atoms. The predicted octanol–water partition coefficient (Wildman–Crippen LogP) is 1.27. The fourth-order valence-corrected chi connectivity index (χ4v) is 11.8. The lowest BCUT2D eigenvalue weighted by molar-refractivity contribution is -0.331. The van der Waals surface area contributed by atoms with E-state index in [2.05, 4.69) is 18.7 Å². The van der Waals surface area contributed by atoms with Gasteiger partial charge in [-0.25, -0.2) is 0 Å². The van der Waals surface area contributed by atoms with Crippen LogP contribution in [0.4, 0.5) is 0 Å². The number of carbonyl (C=O) groups excluding carboxylic acids is 2. The molecule has 2 aliphatic heterocycles. The number of ether oxygens (including phenoxy) is 6. The van der Waals surface area contributed by atoms with Crippen LogP contribution < -0.4 is 0 Å². The van der Waals surface area contributed by atoms with Crippen molar-refractivity contribution < 1.29 is 43.1 Å². The lowest BCUT2D eigenvalue weighted by atomic mass is 9.41. The van der Waals surface area contributed by atoms with Crippen LogP contribution in [0.3, 0.4) is 0 Å². The Morgan fingerprint density at radius 2 is 1.79 bits per heavy atom. The summed E-state index contributed by atoms with van der Waals surface area (Å²) in [5.41, 5.74) is -4.59. The van der Waals surface area contributed by atoms with Crippen molar-refractivity contribution in [2.45, 2.75) is 101 Å². The fraction of sp³-hybridized carbons (Fsp3) is 0.929. The summed E-state index contributed by atoms with van der Waals surface area (Å²) in [5.74, 6) is -1.78. The number of rotatable bonds is 5. The van der Waals surface area contributed by atoms with Crippen LogP contribution in [0.25, 0.3) is 0 Å². The molecule has 7 rings (SSSR count). The van der Waals surface area contributed by atoms with Crippen molar-refractivity contribution in [3.63, 3.8) is 0 Å². The molecule has 0 radical (unpaired) electrons. The van der Waals surface area contributed by atoms with Crippen LogP contribution in [0.1, 0.15) is 53.4 Å². The van der Waals surface area contributed by atoms with E-state index in [9.17, 15) is 14.7 Å². The van der Waals surface area contributed by atoms with Gasteiger partial charge in [0.25, 0.3) is 0 Å². The van der Waals surface area contributed by atoms with Crippen molar-refractivity contribution >= 4 is 11.9 Å². The molecule has 0 amide bonds. The molecular formula is C28H41NO9. The first-order chi connectivity index (χ1) is 18.0. The van der Waals surface area contributed by atoms with Gasteiger partial charge in [0.05, 0.1) is 35.2 Å². The Bertz CT molecular complexity index is 1070. The SMILES string of the molecule is CCN1CC2(C)CCC(OC)C34C2C(OC(C)=O)C2(OCOC25CC(OC)C2CC3(O)C5C2OC(C)=O)C14. The lowest BCUT2D eigenvalue weighted by Gasteiger charge is -2.71. The Hall–Kier alpha value is -1.30. The summed E-state index contributed by atoms with van der Waals surface area (Å²) in [7, 11) is 3.38. The van der Waals surface area contributed by atoms with Gasteiger partial charge in [0.2, 0.25) is 0 Å². The summed E-state index contributed by atoms with van der Waals surface area (Å²) < 4.78 is 38.4. The molecule has 7 bridgehead atoms. The number of hydrogen-bond acceptors (Lipinski definition) is 10. The number of hydrogen-bond donors (Lipinski definition) is 1. The molecule has 13 unspecified atom stereocenters. The summed E-state index contributed by atoms with van der Waals surface area (Å²) in [6.45, 7) is 8.81. The van der Waals surface area contributed by atoms with Crippen LogP contribution in [0.15, 0.2) is 0 Å². The Labute approximate surface area is 223 Å².